The number of hydrogen-bond acceptors (Lipinski definition) is 4. The lowest BCUT2D eigenvalue weighted by molar-refractivity contribution is -0.122. The Kier molecular flexibility index (Phi) is 5.56. The molecule has 0 saturated heterocycles. The average Bonchev–Trinajstić information content (AvgIpc) is 2.61. The predicted octanol–water partition coefficient (Wildman–Crippen LogP) is 2.51. The molecule has 2 aromatic rings. The Labute approximate surface area is 148 Å². The number of fused-ring (bicyclic) bond motifs is 1. The van der Waals surface area contributed by atoms with Crippen LogP contribution in [0.3, 0.4) is 0 Å². The van der Waals surface area contributed by atoms with Crippen molar-refractivity contribution in [1.82, 2.24) is 10.2 Å². The highest BCUT2D eigenvalue weighted by atomic mass is 16.6. The molecular weight excluding hydrogens is 316 g/mol. The zero-order valence-electron chi connectivity index (χ0n) is 14.7. The van der Waals surface area contributed by atoms with Gasteiger partial charge in [-0.25, -0.2) is 0 Å². The van der Waals surface area contributed by atoms with Crippen LogP contribution in [-0.4, -0.2) is 37.6 Å². The Balaban J connectivity index is 1.47. The molecule has 1 aliphatic rings. The fourth-order valence-electron chi connectivity index (χ4n) is 2.76. The Bertz CT molecular complexity index is 728. The van der Waals surface area contributed by atoms with E-state index in [0.29, 0.717) is 32.8 Å². The van der Waals surface area contributed by atoms with Crippen LogP contribution in [0.2, 0.25) is 0 Å². The van der Waals surface area contributed by atoms with Crippen LogP contribution in [0.5, 0.6) is 11.5 Å². The van der Waals surface area contributed by atoms with Gasteiger partial charge in [0.05, 0.1) is 6.54 Å². The number of carbonyl (C=O) groups is 1. The maximum absolute atomic E-state index is 12.1. The molecule has 0 spiro atoms. The topological polar surface area (TPSA) is 50.8 Å². The van der Waals surface area contributed by atoms with Crippen molar-refractivity contribution in [3.8, 4) is 11.5 Å². The molecule has 132 valence electrons. The van der Waals surface area contributed by atoms with Crippen molar-refractivity contribution in [3.63, 3.8) is 0 Å². The highest BCUT2D eigenvalue weighted by Gasteiger charge is 2.13. The molecule has 0 fully saturated rings. The number of amides is 1. The van der Waals surface area contributed by atoms with Gasteiger partial charge < -0.3 is 14.8 Å². The average molecular weight is 340 g/mol. The van der Waals surface area contributed by atoms with Gasteiger partial charge in [-0.1, -0.05) is 35.9 Å². The zero-order chi connectivity index (χ0) is 17.6. The number of hydrogen-bond donors (Lipinski definition) is 1. The third kappa shape index (κ3) is 4.97. The van der Waals surface area contributed by atoms with Crippen molar-refractivity contribution in [3.05, 3.63) is 59.2 Å². The largest absolute Gasteiger partial charge is 0.486 e. The molecule has 0 saturated carbocycles. The second-order valence-electron chi connectivity index (χ2n) is 6.41. The molecule has 1 aliphatic heterocycles. The van der Waals surface area contributed by atoms with Gasteiger partial charge in [-0.15, -0.1) is 0 Å². The molecule has 1 heterocycles. The third-order valence-electron chi connectivity index (χ3n) is 4.08. The number of aryl methyl sites for hydroxylation is 1. The molecule has 1 amide bonds. The van der Waals surface area contributed by atoms with Gasteiger partial charge in [-0.2, -0.15) is 0 Å². The van der Waals surface area contributed by atoms with E-state index in [2.05, 4.69) is 24.4 Å². The quantitative estimate of drug-likeness (QED) is 0.878. The summed E-state index contributed by atoms with van der Waals surface area (Å²) in [7, 11) is 1.93. The molecule has 3 rings (SSSR count). The summed E-state index contributed by atoms with van der Waals surface area (Å²) in [6, 6.07) is 14.1. The highest BCUT2D eigenvalue weighted by Crippen LogP contribution is 2.30. The van der Waals surface area contributed by atoms with Crippen LogP contribution in [0.4, 0.5) is 0 Å². The minimum absolute atomic E-state index is 0.0145. The summed E-state index contributed by atoms with van der Waals surface area (Å²) >= 11 is 0. The van der Waals surface area contributed by atoms with Gasteiger partial charge in [0.15, 0.2) is 11.5 Å². The van der Waals surface area contributed by atoms with E-state index in [1.54, 1.807) is 0 Å². The first kappa shape index (κ1) is 17.3. The predicted molar refractivity (Wildman–Crippen MR) is 96.8 cm³/mol. The van der Waals surface area contributed by atoms with Crippen molar-refractivity contribution in [2.45, 2.75) is 20.0 Å². The first-order valence-corrected chi connectivity index (χ1v) is 8.49. The molecule has 1 N–H and O–H groups in total. The lowest BCUT2D eigenvalue weighted by Crippen LogP contribution is -2.34. The van der Waals surface area contributed by atoms with Crippen LogP contribution in [-0.2, 0) is 17.9 Å². The Morgan fingerprint density at radius 3 is 2.48 bits per heavy atom. The fraction of sp³-hybridized carbons (Fsp3) is 0.350. The second kappa shape index (κ2) is 8.03. The van der Waals surface area contributed by atoms with E-state index < -0.39 is 0 Å². The van der Waals surface area contributed by atoms with E-state index in [0.717, 1.165) is 22.6 Å². The summed E-state index contributed by atoms with van der Waals surface area (Å²) in [6.07, 6.45) is 0. The molecule has 2 aromatic carbocycles. The minimum Gasteiger partial charge on any atom is -0.486 e. The summed E-state index contributed by atoms with van der Waals surface area (Å²) in [4.78, 5) is 14.1. The third-order valence-corrected chi connectivity index (χ3v) is 4.08. The molecule has 5 nitrogen and oxygen atoms in total. The van der Waals surface area contributed by atoms with Crippen molar-refractivity contribution in [1.29, 1.82) is 0 Å². The standard InChI is InChI=1S/C20H24N2O3/c1-15-3-5-16(6-4-15)12-21-20(23)14-22(2)13-17-7-8-18-19(11-17)25-10-9-24-18/h3-8,11H,9-10,12-14H2,1-2H3,(H,21,23). The van der Waals surface area contributed by atoms with Crippen LogP contribution in [0.1, 0.15) is 16.7 Å². The van der Waals surface area contributed by atoms with Crippen LogP contribution in [0.25, 0.3) is 0 Å². The summed E-state index contributed by atoms with van der Waals surface area (Å²) < 4.78 is 11.1. The molecule has 0 unspecified atom stereocenters. The molecule has 0 aromatic heterocycles. The number of likely N-dealkylation sites (N-methyl/N-ethyl adjacent to an activating group) is 1. The van der Waals surface area contributed by atoms with Crippen LogP contribution < -0.4 is 14.8 Å². The summed E-state index contributed by atoms with van der Waals surface area (Å²) in [6.45, 7) is 4.79. The molecule has 0 bridgehead atoms. The van der Waals surface area contributed by atoms with E-state index in [9.17, 15) is 4.79 Å². The van der Waals surface area contributed by atoms with Gasteiger partial charge in [0.2, 0.25) is 5.91 Å². The molecular formula is C20H24N2O3. The first-order chi connectivity index (χ1) is 12.1. The first-order valence-electron chi connectivity index (χ1n) is 8.49. The maximum atomic E-state index is 12.1. The number of rotatable bonds is 6. The highest BCUT2D eigenvalue weighted by molar-refractivity contribution is 5.77. The lowest BCUT2D eigenvalue weighted by atomic mass is 10.1. The number of nitrogens with one attached hydrogen (secondary N) is 1. The van der Waals surface area contributed by atoms with E-state index in [1.807, 2.05) is 42.3 Å². The smallest absolute Gasteiger partial charge is 0.234 e. The van der Waals surface area contributed by atoms with E-state index >= 15 is 0 Å². The normalized spacial score (nSPS) is 12.9. The van der Waals surface area contributed by atoms with Gasteiger partial charge in [-0.05, 0) is 37.2 Å². The van der Waals surface area contributed by atoms with Crippen LogP contribution in [0, 0.1) is 6.92 Å². The van der Waals surface area contributed by atoms with Crippen molar-refractivity contribution in [2.24, 2.45) is 0 Å². The number of ether oxygens (including phenoxy) is 2. The van der Waals surface area contributed by atoms with Gasteiger partial charge in [-0.3, -0.25) is 9.69 Å². The Morgan fingerprint density at radius 1 is 1.04 bits per heavy atom. The van der Waals surface area contributed by atoms with Gasteiger partial charge >= 0.3 is 0 Å². The monoisotopic (exact) mass is 340 g/mol. The van der Waals surface area contributed by atoms with E-state index in [4.69, 9.17) is 9.47 Å². The number of carbonyl (C=O) groups excluding carboxylic acids is 1. The fourth-order valence-corrected chi connectivity index (χ4v) is 2.76. The number of benzene rings is 2. The Hall–Kier alpha value is -2.53. The number of nitrogens with zero attached hydrogens (tertiary/aromatic N) is 1. The SMILES string of the molecule is Cc1ccc(CNC(=O)CN(C)Cc2ccc3c(c2)OCCO3)cc1. The minimum atomic E-state index is 0.0145. The summed E-state index contributed by atoms with van der Waals surface area (Å²) in [5, 5.41) is 2.96. The maximum Gasteiger partial charge on any atom is 0.234 e. The van der Waals surface area contributed by atoms with Crippen molar-refractivity contribution in [2.75, 3.05) is 26.8 Å². The summed E-state index contributed by atoms with van der Waals surface area (Å²) in [5.41, 5.74) is 3.42. The van der Waals surface area contributed by atoms with Crippen LogP contribution >= 0.6 is 0 Å². The van der Waals surface area contributed by atoms with E-state index in [1.165, 1.54) is 5.56 Å². The van der Waals surface area contributed by atoms with Gasteiger partial charge in [0.25, 0.3) is 0 Å². The van der Waals surface area contributed by atoms with Crippen LogP contribution in [0.15, 0.2) is 42.5 Å². The molecule has 5 heteroatoms. The van der Waals surface area contributed by atoms with Gasteiger partial charge in [0.1, 0.15) is 13.2 Å². The molecule has 0 radical (unpaired) electrons. The second-order valence-corrected chi connectivity index (χ2v) is 6.41. The van der Waals surface area contributed by atoms with E-state index in [-0.39, 0.29) is 5.91 Å². The molecule has 25 heavy (non-hydrogen) atoms. The molecule has 0 atom stereocenters. The Morgan fingerprint density at radius 2 is 1.72 bits per heavy atom. The van der Waals surface area contributed by atoms with Crippen molar-refractivity contribution >= 4 is 5.91 Å². The summed E-state index contributed by atoms with van der Waals surface area (Å²) in [5.74, 6) is 1.58. The zero-order valence-corrected chi connectivity index (χ0v) is 14.7. The van der Waals surface area contributed by atoms with Gasteiger partial charge in [0, 0.05) is 13.1 Å². The lowest BCUT2D eigenvalue weighted by Gasteiger charge is -2.21. The molecule has 0 aliphatic carbocycles. The van der Waals surface area contributed by atoms with Crippen molar-refractivity contribution < 1.29 is 14.3 Å².